The normalized spacial score (nSPS) is 19.9. The van der Waals surface area contributed by atoms with Gasteiger partial charge in [0.1, 0.15) is 11.6 Å². The second kappa shape index (κ2) is 8.74. The van der Waals surface area contributed by atoms with Crippen molar-refractivity contribution in [2.75, 3.05) is 25.5 Å². The van der Waals surface area contributed by atoms with Crippen molar-refractivity contribution >= 4 is 11.6 Å². The number of aromatic nitrogens is 3. The lowest BCUT2D eigenvalue weighted by Gasteiger charge is -2.25. The van der Waals surface area contributed by atoms with E-state index < -0.39 is 0 Å². The van der Waals surface area contributed by atoms with Gasteiger partial charge in [-0.05, 0) is 53.6 Å². The summed E-state index contributed by atoms with van der Waals surface area (Å²) in [5, 5.41) is 11.5. The van der Waals surface area contributed by atoms with E-state index in [0.717, 1.165) is 50.6 Å². The molecule has 0 bridgehead atoms. The maximum absolute atomic E-state index is 12.9. The van der Waals surface area contributed by atoms with E-state index >= 15 is 0 Å². The van der Waals surface area contributed by atoms with Crippen molar-refractivity contribution in [2.45, 2.75) is 32.9 Å². The average Bonchev–Trinajstić information content (AvgIpc) is 3.41. The number of nitrogens with one attached hydrogen (secondary N) is 1. The van der Waals surface area contributed by atoms with Crippen LogP contribution < -0.4 is 10.1 Å². The van der Waals surface area contributed by atoms with E-state index in [1.165, 1.54) is 11.1 Å². The number of hydrogen-bond donors (Lipinski definition) is 1. The molecule has 3 aromatic rings. The molecule has 166 valence electrons. The fourth-order valence-corrected chi connectivity index (χ4v) is 4.92. The minimum Gasteiger partial charge on any atom is -0.497 e. The number of aryl methyl sites for hydroxylation is 1. The average molecular weight is 432 g/mol. The Morgan fingerprint density at radius 2 is 1.72 bits per heavy atom. The lowest BCUT2D eigenvalue weighted by atomic mass is 9.89. The molecule has 32 heavy (non-hydrogen) atoms. The number of hydrogen-bond acceptors (Lipinski definition) is 5. The second-order valence-corrected chi connectivity index (χ2v) is 8.82. The van der Waals surface area contributed by atoms with Gasteiger partial charge in [0.15, 0.2) is 0 Å². The predicted molar refractivity (Wildman–Crippen MR) is 123 cm³/mol. The Labute approximate surface area is 188 Å². The lowest BCUT2D eigenvalue weighted by Crippen LogP contribution is -2.31. The second-order valence-electron chi connectivity index (χ2n) is 8.82. The molecule has 0 radical (unpaired) electrons. The first-order valence-electron chi connectivity index (χ1n) is 11.3. The van der Waals surface area contributed by atoms with Crippen molar-refractivity contribution in [3.05, 3.63) is 71.3 Å². The molecule has 7 nitrogen and oxygen atoms in total. The van der Waals surface area contributed by atoms with Crippen LogP contribution in [-0.4, -0.2) is 45.8 Å². The quantitative estimate of drug-likeness (QED) is 0.648. The Morgan fingerprint density at radius 3 is 2.44 bits per heavy atom. The number of benzene rings is 2. The molecule has 1 aromatic heterocycles. The molecule has 2 unspecified atom stereocenters. The molecule has 1 saturated heterocycles. The summed E-state index contributed by atoms with van der Waals surface area (Å²) in [6.07, 6.45) is 1.95. The molecular weight excluding hydrogens is 402 g/mol. The Bertz CT molecular complexity index is 1090. The SMILES string of the molecule is CCc1ccc(CN2CC3Cc4nnc(C(=O)Nc5ccc(OC)cc5)n4CC3C2)cc1. The van der Waals surface area contributed by atoms with Gasteiger partial charge in [-0.2, -0.15) is 0 Å². The summed E-state index contributed by atoms with van der Waals surface area (Å²) >= 11 is 0. The predicted octanol–water partition coefficient (Wildman–Crippen LogP) is 3.41. The molecule has 3 heterocycles. The van der Waals surface area contributed by atoms with Gasteiger partial charge in [-0.15, -0.1) is 10.2 Å². The van der Waals surface area contributed by atoms with Gasteiger partial charge >= 0.3 is 0 Å². The van der Waals surface area contributed by atoms with E-state index in [0.29, 0.717) is 23.3 Å². The number of carbonyl (C=O) groups is 1. The monoisotopic (exact) mass is 431 g/mol. The van der Waals surface area contributed by atoms with Crippen LogP contribution in [0.3, 0.4) is 0 Å². The first kappa shape index (κ1) is 20.7. The van der Waals surface area contributed by atoms with Gasteiger partial charge in [0.05, 0.1) is 7.11 Å². The van der Waals surface area contributed by atoms with Crippen molar-refractivity contribution in [1.29, 1.82) is 0 Å². The highest BCUT2D eigenvalue weighted by Crippen LogP contribution is 2.33. The summed E-state index contributed by atoms with van der Waals surface area (Å²) in [4.78, 5) is 15.4. The number of nitrogens with zero attached hydrogens (tertiary/aromatic N) is 4. The number of ether oxygens (including phenoxy) is 1. The number of likely N-dealkylation sites (tertiary alicyclic amines) is 1. The van der Waals surface area contributed by atoms with E-state index in [-0.39, 0.29) is 5.91 Å². The highest BCUT2D eigenvalue weighted by atomic mass is 16.5. The number of anilines is 1. The zero-order valence-corrected chi connectivity index (χ0v) is 18.6. The van der Waals surface area contributed by atoms with Crippen molar-refractivity contribution < 1.29 is 9.53 Å². The minimum absolute atomic E-state index is 0.224. The first-order valence-corrected chi connectivity index (χ1v) is 11.3. The van der Waals surface area contributed by atoms with Crippen molar-refractivity contribution in [3.8, 4) is 5.75 Å². The zero-order chi connectivity index (χ0) is 22.1. The van der Waals surface area contributed by atoms with Crippen molar-refractivity contribution in [1.82, 2.24) is 19.7 Å². The number of fused-ring (bicyclic) bond motifs is 2. The van der Waals surface area contributed by atoms with Crippen LogP contribution in [-0.2, 0) is 25.9 Å². The summed E-state index contributed by atoms with van der Waals surface area (Å²) in [6, 6.07) is 16.2. The molecule has 0 spiro atoms. The Morgan fingerprint density at radius 1 is 1.00 bits per heavy atom. The molecule has 7 heteroatoms. The Kier molecular flexibility index (Phi) is 5.66. The smallest absolute Gasteiger partial charge is 0.293 e. The molecule has 5 rings (SSSR count). The van der Waals surface area contributed by atoms with E-state index in [4.69, 9.17) is 4.74 Å². The summed E-state index contributed by atoms with van der Waals surface area (Å²) in [5.41, 5.74) is 3.45. The zero-order valence-electron chi connectivity index (χ0n) is 18.6. The molecule has 2 aromatic carbocycles. The van der Waals surface area contributed by atoms with Crippen LogP contribution >= 0.6 is 0 Å². The van der Waals surface area contributed by atoms with Gasteiger partial charge in [-0.25, -0.2) is 0 Å². The number of amides is 1. The van der Waals surface area contributed by atoms with Gasteiger partial charge < -0.3 is 14.6 Å². The third-order valence-electron chi connectivity index (χ3n) is 6.73. The van der Waals surface area contributed by atoms with E-state index in [1.807, 2.05) is 28.8 Å². The van der Waals surface area contributed by atoms with Crippen LogP contribution in [0.5, 0.6) is 5.75 Å². The summed E-state index contributed by atoms with van der Waals surface area (Å²) in [7, 11) is 1.62. The molecule has 0 aliphatic carbocycles. The molecule has 1 fully saturated rings. The molecule has 2 aliphatic rings. The summed E-state index contributed by atoms with van der Waals surface area (Å²) in [5.74, 6) is 2.92. The van der Waals surface area contributed by atoms with Crippen LogP contribution in [0.4, 0.5) is 5.69 Å². The fraction of sp³-hybridized carbons (Fsp3) is 0.400. The Hall–Kier alpha value is -3.19. The van der Waals surface area contributed by atoms with Gasteiger partial charge in [0, 0.05) is 38.3 Å². The summed E-state index contributed by atoms with van der Waals surface area (Å²) < 4.78 is 7.19. The van der Waals surface area contributed by atoms with Crippen LogP contribution in [0.25, 0.3) is 0 Å². The lowest BCUT2D eigenvalue weighted by molar-refractivity contribution is 0.100. The van der Waals surface area contributed by atoms with Gasteiger partial charge in [0.2, 0.25) is 5.82 Å². The number of rotatable bonds is 6. The van der Waals surface area contributed by atoms with Crippen LogP contribution in [0.15, 0.2) is 48.5 Å². The van der Waals surface area contributed by atoms with Crippen molar-refractivity contribution in [3.63, 3.8) is 0 Å². The van der Waals surface area contributed by atoms with Crippen LogP contribution in [0.1, 0.15) is 34.5 Å². The molecule has 1 amide bonds. The summed E-state index contributed by atoms with van der Waals surface area (Å²) in [6.45, 7) is 6.06. The Balaban J connectivity index is 1.24. The largest absolute Gasteiger partial charge is 0.497 e. The van der Waals surface area contributed by atoms with Gasteiger partial charge in [-0.3, -0.25) is 9.69 Å². The van der Waals surface area contributed by atoms with Crippen LogP contribution in [0.2, 0.25) is 0 Å². The topological polar surface area (TPSA) is 72.3 Å². The highest BCUT2D eigenvalue weighted by molar-refractivity contribution is 6.01. The van der Waals surface area contributed by atoms with Gasteiger partial charge in [-0.1, -0.05) is 31.2 Å². The first-order chi connectivity index (χ1) is 15.6. The van der Waals surface area contributed by atoms with Gasteiger partial charge in [0.25, 0.3) is 5.91 Å². The minimum atomic E-state index is -0.224. The molecule has 2 atom stereocenters. The maximum atomic E-state index is 12.9. The van der Waals surface area contributed by atoms with E-state index in [2.05, 4.69) is 51.6 Å². The molecule has 1 N–H and O–H groups in total. The number of methoxy groups -OCH3 is 1. The van der Waals surface area contributed by atoms with Crippen LogP contribution in [0, 0.1) is 11.8 Å². The standard InChI is InChI=1S/C25H29N5O2/c1-3-17-4-6-18(7-5-17)13-29-14-19-12-23-27-28-24(30(23)16-20(19)15-29)25(31)26-21-8-10-22(32-2)11-9-21/h4-11,19-20H,3,12-16H2,1-2H3,(H,26,31). The van der Waals surface area contributed by atoms with E-state index in [1.54, 1.807) is 7.11 Å². The highest BCUT2D eigenvalue weighted by Gasteiger charge is 2.39. The maximum Gasteiger partial charge on any atom is 0.293 e. The molecule has 0 saturated carbocycles. The number of carbonyl (C=O) groups excluding carboxylic acids is 1. The molecule has 2 aliphatic heterocycles. The van der Waals surface area contributed by atoms with E-state index in [9.17, 15) is 4.79 Å². The third kappa shape index (κ3) is 4.12. The fourth-order valence-electron chi connectivity index (χ4n) is 4.92. The van der Waals surface area contributed by atoms with Crippen molar-refractivity contribution in [2.24, 2.45) is 11.8 Å². The molecular formula is C25H29N5O2. The third-order valence-corrected chi connectivity index (χ3v) is 6.73.